The van der Waals surface area contributed by atoms with Gasteiger partial charge in [0.2, 0.25) is 11.8 Å². The van der Waals surface area contributed by atoms with Crippen LogP contribution in [0.5, 0.6) is 0 Å². The molecule has 0 aromatic rings. The molecule has 0 aliphatic rings. The first kappa shape index (κ1) is 29.1. The Labute approximate surface area is 189 Å². The summed E-state index contributed by atoms with van der Waals surface area (Å²) in [5.41, 5.74) is -0.537. The lowest BCUT2D eigenvalue weighted by Crippen LogP contribution is -2.62. The normalized spacial score (nSPS) is 14.7. The Morgan fingerprint density at radius 1 is 1.03 bits per heavy atom. The van der Waals surface area contributed by atoms with Crippen molar-refractivity contribution in [3.8, 4) is 0 Å². The molecule has 2 amide bonds. The van der Waals surface area contributed by atoms with Crippen LogP contribution in [-0.4, -0.2) is 58.5 Å². The first-order valence-corrected chi connectivity index (χ1v) is 11.5. The fraction of sp³-hybridized carbons (Fsp3) is 0.792. The van der Waals surface area contributed by atoms with Crippen molar-refractivity contribution >= 4 is 17.8 Å². The van der Waals surface area contributed by atoms with Crippen molar-refractivity contribution in [2.24, 2.45) is 11.8 Å². The summed E-state index contributed by atoms with van der Waals surface area (Å²) in [6.45, 7) is 17.3. The molecule has 0 rings (SSSR count). The second-order valence-corrected chi connectivity index (χ2v) is 9.58. The monoisotopic (exact) mass is 439 g/mol. The third-order valence-corrected chi connectivity index (χ3v) is 5.76. The zero-order valence-electron chi connectivity index (χ0n) is 21.2. The second-order valence-electron chi connectivity index (χ2n) is 9.58. The van der Waals surface area contributed by atoms with Gasteiger partial charge in [0.25, 0.3) is 0 Å². The van der Waals surface area contributed by atoms with Gasteiger partial charge in [0.15, 0.2) is 0 Å². The van der Waals surface area contributed by atoms with E-state index in [0.29, 0.717) is 19.3 Å². The highest BCUT2D eigenvalue weighted by Gasteiger charge is 2.39. The molecule has 0 spiro atoms. The molecule has 0 aromatic carbocycles. The number of nitrogens with one attached hydrogen (secondary N) is 2. The van der Waals surface area contributed by atoms with E-state index in [4.69, 9.17) is 0 Å². The van der Waals surface area contributed by atoms with Gasteiger partial charge in [0, 0.05) is 18.7 Å². The summed E-state index contributed by atoms with van der Waals surface area (Å²) >= 11 is 0. The molecule has 7 heteroatoms. The predicted octanol–water partition coefficient (Wildman–Crippen LogP) is 3.59. The molecule has 0 saturated carbocycles. The minimum Gasteiger partial charge on any atom is -0.478 e. The molecule has 0 aromatic heterocycles. The Kier molecular flexibility index (Phi) is 12.1. The van der Waals surface area contributed by atoms with Crippen LogP contribution in [-0.2, 0) is 14.4 Å². The van der Waals surface area contributed by atoms with Gasteiger partial charge in [-0.25, -0.2) is 4.79 Å². The number of likely N-dealkylation sites (N-methyl/N-ethyl adjacent to an activating group) is 1. The Bertz CT molecular complexity index is 637. The number of rotatable bonds is 13. The first-order valence-electron chi connectivity index (χ1n) is 11.5. The van der Waals surface area contributed by atoms with Gasteiger partial charge in [0.1, 0.15) is 6.04 Å². The van der Waals surface area contributed by atoms with Crippen LogP contribution >= 0.6 is 0 Å². The molecule has 0 radical (unpaired) electrons. The van der Waals surface area contributed by atoms with Crippen molar-refractivity contribution < 1.29 is 19.5 Å². The predicted molar refractivity (Wildman–Crippen MR) is 126 cm³/mol. The summed E-state index contributed by atoms with van der Waals surface area (Å²) in [7, 11) is 1.68. The number of amides is 2. The number of hydrogen-bond donors (Lipinski definition) is 3. The summed E-state index contributed by atoms with van der Waals surface area (Å²) in [5, 5.41) is 15.7. The molecule has 7 nitrogen and oxygen atoms in total. The summed E-state index contributed by atoms with van der Waals surface area (Å²) < 4.78 is 0. The number of carbonyl (C=O) groups excluding carboxylic acids is 2. The molecule has 0 aliphatic heterocycles. The zero-order chi connectivity index (χ0) is 24.5. The minimum atomic E-state index is -1.00. The lowest BCUT2D eigenvalue weighted by atomic mass is 9.89. The highest BCUT2D eigenvalue weighted by molar-refractivity contribution is 5.92. The molecular formula is C24H45N3O4. The molecule has 0 bridgehead atoms. The van der Waals surface area contributed by atoms with Gasteiger partial charge in [-0.3, -0.25) is 9.59 Å². The van der Waals surface area contributed by atoms with Crippen molar-refractivity contribution in [3.05, 3.63) is 11.6 Å². The zero-order valence-corrected chi connectivity index (χ0v) is 21.2. The number of carboxylic acid groups (broad SMARTS) is 1. The molecular weight excluding hydrogens is 394 g/mol. The van der Waals surface area contributed by atoms with Crippen LogP contribution in [0.3, 0.4) is 0 Å². The lowest BCUT2D eigenvalue weighted by molar-refractivity contribution is -0.140. The van der Waals surface area contributed by atoms with Crippen LogP contribution < -0.4 is 10.6 Å². The van der Waals surface area contributed by atoms with Crippen molar-refractivity contribution in [2.45, 2.75) is 105 Å². The van der Waals surface area contributed by atoms with Crippen LogP contribution in [0.15, 0.2) is 11.6 Å². The molecule has 2 atom stereocenters. The van der Waals surface area contributed by atoms with E-state index < -0.39 is 17.6 Å². The second kappa shape index (κ2) is 12.8. The van der Waals surface area contributed by atoms with Crippen LogP contribution in [0, 0.1) is 11.8 Å². The van der Waals surface area contributed by atoms with E-state index >= 15 is 0 Å². The Morgan fingerprint density at radius 2 is 1.55 bits per heavy atom. The third-order valence-electron chi connectivity index (χ3n) is 5.76. The lowest BCUT2D eigenvalue weighted by Gasteiger charge is -2.37. The molecule has 180 valence electrons. The van der Waals surface area contributed by atoms with Gasteiger partial charge in [-0.15, -0.1) is 0 Å². The van der Waals surface area contributed by atoms with E-state index in [2.05, 4.69) is 10.6 Å². The van der Waals surface area contributed by atoms with E-state index in [9.17, 15) is 19.5 Å². The van der Waals surface area contributed by atoms with Crippen molar-refractivity contribution in [1.29, 1.82) is 0 Å². The molecule has 0 fully saturated rings. The topological polar surface area (TPSA) is 98.7 Å². The van der Waals surface area contributed by atoms with Gasteiger partial charge in [0.05, 0.1) is 11.6 Å². The van der Waals surface area contributed by atoms with Crippen LogP contribution in [0.4, 0.5) is 0 Å². The van der Waals surface area contributed by atoms with E-state index in [-0.39, 0.29) is 41.3 Å². The average molecular weight is 440 g/mol. The summed E-state index contributed by atoms with van der Waals surface area (Å²) in [4.78, 5) is 39.6. The van der Waals surface area contributed by atoms with Gasteiger partial charge >= 0.3 is 5.97 Å². The van der Waals surface area contributed by atoms with Crippen molar-refractivity contribution in [3.63, 3.8) is 0 Å². The van der Waals surface area contributed by atoms with Gasteiger partial charge < -0.3 is 20.6 Å². The summed E-state index contributed by atoms with van der Waals surface area (Å²) in [5.74, 6) is -1.24. The van der Waals surface area contributed by atoms with Crippen LogP contribution in [0.2, 0.25) is 0 Å². The Morgan fingerprint density at radius 3 is 1.90 bits per heavy atom. The highest BCUT2D eigenvalue weighted by atomic mass is 16.4. The number of hydrogen-bond acceptors (Lipinski definition) is 4. The quantitative estimate of drug-likeness (QED) is 0.381. The van der Waals surface area contributed by atoms with Crippen LogP contribution in [0.1, 0.15) is 81.6 Å². The maximum atomic E-state index is 13.4. The maximum Gasteiger partial charge on any atom is 0.331 e. The standard InChI is InChI=1S/C24H45N3O4/c1-11-24(12-2,26-17(7)8)23(31)25-20(16(5)6)21(28)27(10)19(13-15(3)4)14-18(9)22(29)30/h14-17,19-20,26H,11-13H2,1-10H3,(H,25,31)(H,29,30)/b18-14+. The molecule has 3 N–H and O–H groups in total. The number of carbonyl (C=O) groups is 3. The fourth-order valence-corrected chi connectivity index (χ4v) is 3.75. The van der Waals surface area contributed by atoms with Gasteiger partial charge in [-0.1, -0.05) is 47.6 Å². The minimum absolute atomic E-state index is 0.117. The molecule has 0 heterocycles. The van der Waals surface area contributed by atoms with Gasteiger partial charge in [-0.2, -0.15) is 0 Å². The Balaban J connectivity index is 5.86. The third kappa shape index (κ3) is 8.63. The summed E-state index contributed by atoms with van der Waals surface area (Å²) in [6, 6.07) is -0.934. The number of carboxylic acids is 1. The highest BCUT2D eigenvalue weighted by Crippen LogP contribution is 2.20. The maximum absolute atomic E-state index is 13.4. The van der Waals surface area contributed by atoms with E-state index in [1.807, 2.05) is 55.4 Å². The van der Waals surface area contributed by atoms with Gasteiger partial charge in [-0.05, 0) is 51.9 Å². The largest absolute Gasteiger partial charge is 0.478 e. The smallest absolute Gasteiger partial charge is 0.331 e. The van der Waals surface area contributed by atoms with E-state index in [1.54, 1.807) is 18.0 Å². The molecule has 0 aliphatic carbocycles. The van der Waals surface area contributed by atoms with E-state index in [0.717, 1.165) is 0 Å². The Hall–Kier alpha value is -1.89. The van der Waals surface area contributed by atoms with E-state index in [1.165, 1.54) is 6.92 Å². The van der Waals surface area contributed by atoms with Crippen LogP contribution in [0.25, 0.3) is 0 Å². The van der Waals surface area contributed by atoms with Crippen molar-refractivity contribution in [2.75, 3.05) is 7.05 Å². The molecule has 0 saturated heterocycles. The SMILES string of the molecule is CCC(CC)(NC(C)C)C(=O)NC(C(=O)N(C)C(/C=C(\C)C(=O)O)CC(C)C)C(C)C. The molecule has 2 unspecified atom stereocenters. The van der Waals surface area contributed by atoms with Crippen molar-refractivity contribution in [1.82, 2.24) is 15.5 Å². The summed E-state index contributed by atoms with van der Waals surface area (Å²) in [6.07, 6.45) is 3.48. The first-order chi connectivity index (χ1) is 14.2. The molecule has 31 heavy (non-hydrogen) atoms. The number of aliphatic carboxylic acids is 1. The number of nitrogens with zero attached hydrogens (tertiary/aromatic N) is 1. The fourth-order valence-electron chi connectivity index (χ4n) is 3.75. The average Bonchev–Trinajstić information content (AvgIpc) is 2.67.